The molecule has 0 fully saturated rings. The second-order valence-corrected chi connectivity index (χ2v) is 6.09. The van der Waals surface area contributed by atoms with Crippen molar-refractivity contribution in [2.45, 2.75) is 6.54 Å². The molecule has 0 unspecified atom stereocenters. The minimum Gasteiger partial charge on any atom is -0.335 e. The normalized spacial score (nSPS) is 10.3. The zero-order valence-corrected chi connectivity index (χ0v) is 15.1. The Balaban J connectivity index is 1.81. The van der Waals surface area contributed by atoms with Crippen LogP contribution in [0.25, 0.3) is 11.1 Å². The van der Waals surface area contributed by atoms with Gasteiger partial charge in [-0.15, -0.1) is 0 Å². The highest BCUT2D eigenvalue weighted by molar-refractivity contribution is 6.36. The van der Waals surface area contributed by atoms with Crippen LogP contribution in [-0.2, 0) is 11.4 Å². The molecule has 3 aromatic rings. The van der Waals surface area contributed by atoms with E-state index in [1.807, 2.05) is 30.3 Å². The van der Waals surface area contributed by atoms with Crippen LogP contribution in [0.5, 0.6) is 0 Å². The van der Waals surface area contributed by atoms with Crippen LogP contribution in [-0.4, -0.2) is 11.9 Å². The van der Waals surface area contributed by atoms with Crippen molar-refractivity contribution in [2.75, 3.05) is 0 Å². The number of rotatable bonds is 4. The van der Waals surface area contributed by atoms with Crippen molar-refractivity contribution in [1.82, 2.24) is 5.48 Å². The number of nitrogens with two attached hydrogens (primary N) is 1. The summed E-state index contributed by atoms with van der Waals surface area (Å²) in [5, 5.41) is 0.256. The molecule has 0 heterocycles. The maximum atomic E-state index is 12.4. The van der Waals surface area contributed by atoms with E-state index in [0.29, 0.717) is 17.7 Å². The van der Waals surface area contributed by atoms with E-state index in [1.165, 1.54) is 0 Å². The highest BCUT2D eigenvalue weighted by Crippen LogP contribution is 2.32. The summed E-state index contributed by atoms with van der Waals surface area (Å²) in [4.78, 5) is 29.3. The van der Waals surface area contributed by atoms with Gasteiger partial charge in [0, 0.05) is 12.1 Å². The lowest BCUT2D eigenvalue weighted by Gasteiger charge is -2.13. The first-order valence-corrected chi connectivity index (χ1v) is 8.63. The predicted molar refractivity (Wildman–Crippen MR) is 104 cm³/mol. The summed E-state index contributed by atoms with van der Waals surface area (Å²) in [7, 11) is 0. The van der Waals surface area contributed by atoms with Crippen molar-refractivity contribution >= 4 is 23.5 Å². The number of carbonyl (C=O) groups is 2. The quantitative estimate of drug-likeness (QED) is 0.671. The molecule has 0 aliphatic rings. The number of halogens is 1. The van der Waals surface area contributed by atoms with E-state index < -0.39 is 11.9 Å². The molecule has 136 valence electrons. The number of hydrogen-bond acceptors (Lipinski definition) is 4. The van der Waals surface area contributed by atoms with E-state index in [0.717, 1.165) is 11.1 Å². The number of hydrogen-bond donors (Lipinski definition) is 2. The molecule has 0 aliphatic heterocycles. The molecule has 5 nitrogen and oxygen atoms in total. The summed E-state index contributed by atoms with van der Waals surface area (Å²) in [5.41, 5.74) is 10.9. The number of benzene rings is 3. The van der Waals surface area contributed by atoms with Gasteiger partial charge in [0.1, 0.15) is 0 Å². The molecule has 0 aliphatic carbocycles. The molecule has 0 radical (unpaired) electrons. The predicted octanol–water partition coefficient (Wildman–Crippen LogP) is 3.97. The second-order valence-electron chi connectivity index (χ2n) is 5.72. The molecule has 0 saturated carbocycles. The molecular weight excluding hydrogens is 364 g/mol. The lowest BCUT2D eigenvalue weighted by molar-refractivity contribution is 0.0230. The molecule has 6 heteroatoms. The maximum absolute atomic E-state index is 12.4. The van der Waals surface area contributed by atoms with Gasteiger partial charge >= 0.3 is 5.97 Å². The van der Waals surface area contributed by atoms with E-state index in [2.05, 4.69) is 5.48 Å². The standard InChI is InChI=1S/C21H17ClN2O3/c22-19-17(16-10-5-4-9-15(16)13-23)11-6-12-18(19)20(25)24-27-21(26)14-7-2-1-3-8-14/h1-12H,13,23H2,(H,24,25). The highest BCUT2D eigenvalue weighted by atomic mass is 35.5. The third-order valence-corrected chi connectivity index (χ3v) is 4.42. The van der Waals surface area contributed by atoms with Gasteiger partial charge < -0.3 is 10.6 Å². The lowest BCUT2D eigenvalue weighted by Crippen LogP contribution is -2.27. The molecule has 27 heavy (non-hydrogen) atoms. The Hall–Kier alpha value is -3.15. The monoisotopic (exact) mass is 380 g/mol. The Morgan fingerprint density at radius 1 is 0.889 bits per heavy atom. The van der Waals surface area contributed by atoms with Gasteiger partial charge in [0.05, 0.1) is 16.1 Å². The van der Waals surface area contributed by atoms with Gasteiger partial charge in [-0.05, 0) is 29.3 Å². The van der Waals surface area contributed by atoms with Gasteiger partial charge in [0.2, 0.25) is 0 Å². The van der Waals surface area contributed by atoms with Crippen LogP contribution in [0.15, 0.2) is 72.8 Å². The summed E-state index contributed by atoms with van der Waals surface area (Å²) in [6.45, 7) is 0.345. The van der Waals surface area contributed by atoms with Gasteiger partial charge in [-0.3, -0.25) is 4.79 Å². The second kappa shape index (κ2) is 8.49. The Labute approximate surface area is 161 Å². The van der Waals surface area contributed by atoms with E-state index in [-0.39, 0.29) is 10.6 Å². The van der Waals surface area contributed by atoms with E-state index in [9.17, 15) is 9.59 Å². The van der Waals surface area contributed by atoms with Gasteiger partial charge in [-0.2, -0.15) is 5.48 Å². The van der Waals surface area contributed by atoms with Crippen LogP contribution in [0.1, 0.15) is 26.3 Å². The van der Waals surface area contributed by atoms with Crippen LogP contribution in [0.3, 0.4) is 0 Å². The maximum Gasteiger partial charge on any atom is 0.362 e. The third-order valence-electron chi connectivity index (χ3n) is 4.02. The fourth-order valence-corrected chi connectivity index (χ4v) is 2.97. The first-order chi connectivity index (χ1) is 13.1. The first kappa shape index (κ1) is 18.6. The molecular formula is C21H17ClN2O3. The number of carbonyl (C=O) groups excluding carboxylic acids is 2. The van der Waals surface area contributed by atoms with Gasteiger partial charge in [-0.25, -0.2) is 4.79 Å². The summed E-state index contributed by atoms with van der Waals surface area (Å²) in [5.74, 6) is -1.28. The summed E-state index contributed by atoms with van der Waals surface area (Å²) in [6.07, 6.45) is 0. The summed E-state index contributed by atoms with van der Waals surface area (Å²) >= 11 is 6.46. The highest BCUT2D eigenvalue weighted by Gasteiger charge is 2.17. The average Bonchev–Trinajstić information content (AvgIpc) is 2.72. The molecule has 3 N–H and O–H groups in total. The molecule has 0 bridgehead atoms. The van der Waals surface area contributed by atoms with Gasteiger partial charge in [0.25, 0.3) is 5.91 Å². The van der Waals surface area contributed by atoms with Crippen LogP contribution >= 0.6 is 11.6 Å². The molecule has 0 spiro atoms. The van der Waals surface area contributed by atoms with Crippen molar-refractivity contribution in [3.8, 4) is 11.1 Å². The Kier molecular flexibility index (Phi) is 5.86. The first-order valence-electron chi connectivity index (χ1n) is 8.25. The molecule has 3 rings (SSSR count). The zero-order chi connectivity index (χ0) is 19.2. The fraction of sp³-hybridized carbons (Fsp3) is 0.0476. The molecule has 1 amide bonds. The molecule has 0 atom stereocenters. The zero-order valence-electron chi connectivity index (χ0n) is 14.3. The molecule has 0 saturated heterocycles. The smallest absolute Gasteiger partial charge is 0.335 e. The SMILES string of the molecule is NCc1ccccc1-c1cccc(C(=O)NOC(=O)c2ccccc2)c1Cl. The number of nitrogens with one attached hydrogen (secondary N) is 1. The van der Waals surface area contributed by atoms with Gasteiger partial charge in [0.15, 0.2) is 0 Å². The van der Waals surface area contributed by atoms with Crippen LogP contribution < -0.4 is 11.2 Å². The minimum atomic E-state index is -0.662. The van der Waals surface area contributed by atoms with Crippen LogP contribution in [0.4, 0.5) is 0 Å². The Morgan fingerprint density at radius 3 is 2.30 bits per heavy atom. The largest absolute Gasteiger partial charge is 0.362 e. The Morgan fingerprint density at radius 2 is 1.56 bits per heavy atom. The fourth-order valence-electron chi connectivity index (χ4n) is 2.66. The average molecular weight is 381 g/mol. The van der Waals surface area contributed by atoms with E-state index in [1.54, 1.807) is 42.5 Å². The van der Waals surface area contributed by atoms with Gasteiger partial charge in [-0.1, -0.05) is 66.2 Å². The number of hydroxylamine groups is 1. The van der Waals surface area contributed by atoms with E-state index >= 15 is 0 Å². The summed E-state index contributed by atoms with van der Waals surface area (Å²) in [6, 6.07) is 21.0. The molecule has 0 aromatic heterocycles. The Bertz CT molecular complexity index is 974. The summed E-state index contributed by atoms with van der Waals surface area (Å²) < 4.78 is 0. The van der Waals surface area contributed by atoms with Crippen molar-refractivity contribution in [2.24, 2.45) is 5.73 Å². The van der Waals surface area contributed by atoms with Crippen molar-refractivity contribution in [3.05, 3.63) is 94.5 Å². The topological polar surface area (TPSA) is 81.4 Å². The van der Waals surface area contributed by atoms with Crippen molar-refractivity contribution in [1.29, 1.82) is 0 Å². The third kappa shape index (κ3) is 4.16. The minimum absolute atomic E-state index is 0.196. The lowest BCUT2D eigenvalue weighted by atomic mass is 9.98. The number of amides is 1. The van der Waals surface area contributed by atoms with Crippen molar-refractivity contribution in [3.63, 3.8) is 0 Å². The van der Waals surface area contributed by atoms with E-state index in [4.69, 9.17) is 22.2 Å². The van der Waals surface area contributed by atoms with Crippen molar-refractivity contribution < 1.29 is 14.4 Å². The van der Waals surface area contributed by atoms with Crippen LogP contribution in [0.2, 0.25) is 5.02 Å². The molecule has 3 aromatic carbocycles. The van der Waals surface area contributed by atoms with Crippen LogP contribution in [0, 0.1) is 0 Å².